The zero-order chi connectivity index (χ0) is 13.7. The highest BCUT2D eigenvalue weighted by Crippen LogP contribution is 2.16. The van der Waals surface area contributed by atoms with Gasteiger partial charge in [0.25, 0.3) is 0 Å². The molecule has 5 heteroatoms. The first-order valence-electron chi connectivity index (χ1n) is 6.09. The molecule has 1 heterocycles. The Kier molecular flexibility index (Phi) is 4.30. The Morgan fingerprint density at radius 2 is 2.05 bits per heavy atom. The van der Waals surface area contributed by atoms with E-state index < -0.39 is 0 Å². The maximum Gasteiger partial charge on any atom is 0.151 e. The lowest BCUT2D eigenvalue weighted by Crippen LogP contribution is -2.18. The predicted molar refractivity (Wildman–Crippen MR) is 75.0 cm³/mol. The van der Waals surface area contributed by atoms with Crippen LogP contribution in [0.1, 0.15) is 11.3 Å². The number of ether oxygens (including phenoxy) is 1. The fourth-order valence-electron chi connectivity index (χ4n) is 1.79. The smallest absolute Gasteiger partial charge is 0.151 e. The van der Waals surface area contributed by atoms with E-state index in [9.17, 15) is 0 Å². The fraction of sp³-hybridized carbons (Fsp3) is 0.286. The van der Waals surface area contributed by atoms with Gasteiger partial charge in [0.1, 0.15) is 5.75 Å². The molecule has 1 aromatic carbocycles. The largest absolute Gasteiger partial charge is 0.497 e. The van der Waals surface area contributed by atoms with Crippen molar-refractivity contribution >= 4 is 5.82 Å². The van der Waals surface area contributed by atoms with Crippen LogP contribution >= 0.6 is 0 Å². The fourth-order valence-corrected chi connectivity index (χ4v) is 1.79. The first-order chi connectivity index (χ1) is 9.22. The monoisotopic (exact) mass is 258 g/mol. The average Bonchev–Trinajstić information content (AvgIpc) is 2.47. The highest BCUT2D eigenvalue weighted by Gasteiger charge is 2.05. The van der Waals surface area contributed by atoms with Gasteiger partial charge in [-0.3, -0.25) is 0 Å². The van der Waals surface area contributed by atoms with E-state index in [0.29, 0.717) is 6.54 Å². The SMILES string of the molecule is COc1cccc(CN(C)c2ccc(CN)nn2)c1. The Labute approximate surface area is 113 Å². The number of nitrogens with zero attached hydrogens (tertiary/aromatic N) is 3. The molecule has 0 amide bonds. The molecule has 19 heavy (non-hydrogen) atoms. The van der Waals surface area contributed by atoms with Gasteiger partial charge in [0, 0.05) is 20.1 Å². The molecule has 0 unspecified atom stereocenters. The molecule has 2 N–H and O–H groups in total. The molecule has 0 fully saturated rings. The van der Waals surface area contributed by atoms with Crippen LogP contribution in [0.15, 0.2) is 36.4 Å². The number of benzene rings is 1. The van der Waals surface area contributed by atoms with E-state index in [2.05, 4.69) is 16.3 Å². The number of hydrogen-bond acceptors (Lipinski definition) is 5. The van der Waals surface area contributed by atoms with Crippen LogP contribution in [0.4, 0.5) is 5.82 Å². The Morgan fingerprint density at radius 1 is 1.21 bits per heavy atom. The van der Waals surface area contributed by atoms with Crippen molar-refractivity contribution in [3.8, 4) is 5.75 Å². The van der Waals surface area contributed by atoms with Gasteiger partial charge in [-0.2, -0.15) is 5.10 Å². The normalized spacial score (nSPS) is 10.3. The third kappa shape index (κ3) is 3.42. The molecule has 1 aromatic heterocycles. The second-order valence-electron chi connectivity index (χ2n) is 4.29. The Hall–Kier alpha value is -2.14. The molecular formula is C14H18N4O. The van der Waals surface area contributed by atoms with Gasteiger partial charge < -0.3 is 15.4 Å². The molecule has 0 aliphatic carbocycles. The summed E-state index contributed by atoms with van der Waals surface area (Å²) in [6, 6.07) is 11.8. The van der Waals surface area contributed by atoms with Gasteiger partial charge >= 0.3 is 0 Å². The number of methoxy groups -OCH3 is 1. The van der Waals surface area contributed by atoms with Crippen LogP contribution in [0.2, 0.25) is 0 Å². The molecule has 0 bridgehead atoms. The summed E-state index contributed by atoms with van der Waals surface area (Å²) in [5.41, 5.74) is 7.45. The summed E-state index contributed by atoms with van der Waals surface area (Å²) in [7, 11) is 3.64. The van der Waals surface area contributed by atoms with E-state index in [1.807, 2.05) is 42.3 Å². The van der Waals surface area contributed by atoms with Crippen molar-refractivity contribution in [1.29, 1.82) is 0 Å². The summed E-state index contributed by atoms with van der Waals surface area (Å²) in [6.07, 6.45) is 0. The standard InChI is InChI=1S/C14H18N4O/c1-18(14-7-6-12(9-15)16-17-14)10-11-4-3-5-13(8-11)19-2/h3-8H,9-10,15H2,1-2H3. The van der Waals surface area contributed by atoms with Crippen molar-refractivity contribution in [2.24, 2.45) is 5.73 Å². The Bertz CT molecular complexity index is 527. The minimum atomic E-state index is 0.410. The maximum absolute atomic E-state index is 5.50. The molecule has 0 aliphatic heterocycles. The number of nitrogens with two attached hydrogens (primary N) is 1. The van der Waals surface area contributed by atoms with E-state index in [4.69, 9.17) is 10.5 Å². The van der Waals surface area contributed by atoms with E-state index in [1.54, 1.807) is 7.11 Å². The quantitative estimate of drug-likeness (QED) is 0.882. The van der Waals surface area contributed by atoms with Crippen molar-refractivity contribution in [2.45, 2.75) is 13.1 Å². The van der Waals surface area contributed by atoms with Crippen molar-refractivity contribution < 1.29 is 4.74 Å². The first kappa shape index (κ1) is 13.3. The van der Waals surface area contributed by atoms with Gasteiger partial charge in [-0.1, -0.05) is 12.1 Å². The topological polar surface area (TPSA) is 64.3 Å². The Morgan fingerprint density at radius 3 is 2.68 bits per heavy atom. The molecule has 0 aliphatic rings. The molecule has 100 valence electrons. The van der Waals surface area contributed by atoms with Gasteiger partial charge in [-0.25, -0.2) is 0 Å². The van der Waals surface area contributed by atoms with Crippen LogP contribution in [0, 0.1) is 0 Å². The van der Waals surface area contributed by atoms with Gasteiger partial charge in [0.05, 0.1) is 12.8 Å². The van der Waals surface area contributed by atoms with Crippen molar-refractivity contribution in [3.63, 3.8) is 0 Å². The van der Waals surface area contributed by atoms with E-state index >= 15 is 0 Å². The number of rotatable bonds is 5. The van der Waals surface area contributed by atoms with Crippen LogP contribution < -0.4 is 15.4 Å². The minimum Gasteiger partial charge on any atom is -0.497 e. The van der Waals surface area contributed by atoms with E-state index in [-0.39, 0.29) is 0 Å². The Balaban J connectivity index is 2.08. The predicted octanol–water partition coefficient (Wildman–Crippen LogP) is 1.58. The summed E-state index contributed by atoms with van der Waals surface area (Å²) >= 11 is 0. The zero-order valence-corrected chi connectivity index (χ0v) is 11.2. The highest BCUT2D eigenvalue weighted by atomic mass is 16.5. The summed E-state index contributed by atoms with van der Waals surface area (Å²) in [6.45, 7) is 1.15. The third-order valence-electron chi connectivity index (χ3n) is 2.86. The molecule has 0 saturated carbocycles. The number of hydrogen-bond donors (Lipinski definition) is 1. The van der Waals surface area contributed by atoms with Gasteiger partial charge in [0.15, 0.2) is 5.82 Å². The maximum atomic E-state index is 5.50. The van der Waals surface area contributed by atoms with Crippen LogP contribution in [0.25, 0.3) is 0 Å². The number of aromatic nitrogens is 2. The molecule has 2 aromatic rings. The molecule has 0 radical (unpaired) electrons. The van der Waals surface area contributed by atoms with E-state index in [0.717, 1.165) is 29.4 Å². The minimum absolute atomic E-state index is 0.410. The van der Waals surface area contributed by atoms with Gasteiger partial charge in [0.2, 0.25) is 0 Å². The van der Waals surface area contributed by atoms with Crippen molar-refractivity contribution in [2.75, 3.05) is 19.1 Å². The van der Waals surface area contributed by atoms with Gasteiger partial charge in [-0.15, -0.1) is 5.10 Å². The zero-order valence-electron chi connectivity index (χ0n) is 11.2. The summed E-state index contributed by atoms with van der Waals surface area (Å²) in [5, 5.41) is 8.21. The average molecular weight is 258 g/mol. The first-order valence-corrected chi connectivity index (χ1v) is 6.09. The molecule has 0 spiro atoms. The lowest BCUT2D eigenvalue weighted by molar-refractivity contribution is 0.414. The van der Waals surface area contributed by atoms with Crippen LogP contribution in [-0.2, 0) is 13.1 Å². The summed E-state index contributed by atoms with van der Waals surface area (Å²) in [4.78, 5) is 2.03. The van der Waals surface area contributed by atoms with Gasteiger partial charge in [-0.05, 0) is 29.8 Å². The van der Waals surface area contributed by atoms with Crippen LogP contribution in [0.3, 0.4) is 0 Å². The summed E-state index contributed by atoms with van der Waals surface area (Å²) < 4.78 is 5.21. The molecular weight excluding hydrogens is 240 g/mol. The second kappa shape index (κ2) is 6.15. The third-order valence-corrected chi connectivity index (χ3v) is 2.86. The number of anilines is 1. The van der Waals surface area contributed by atoms with Crippen LogP contribution in [0.5, 0.6) is 5.75 Å². The molecule has 5 nitrogen and oxygen atoms in total. The molecule has 0 atom stereocenters. The lowest BCUT2D eigenvalue weighted by Gasteiger charge is -2.18. The van der Waals surface area contributed by atoms with E-state index in [1.165, 1.54) is 0 Å². The van der Waals surface area contributed by atoms with Crippen LogP contribution in [-0.4, -0.2) is 24.4 Å². The van der Waals surface area contributed by atoms with Crippen molar-refractivity contribution in [1.82, 2.24) is 10.2 Å². The summed E-state index contributed by atoms with van der Waals surface area (Å²) in [5.74, 6) is 1.68. The molecule has 2 rings (SSSR count). The van der Waals surface area contributed by atoms with Crippen molar-refractivity contribution in [3.05, 3.63) is 47.7 Å². The molecule has 0 saturated heterocycles. The second-order valence-corrected chi connectivity index (χ2v) is 4.29. The lowest BCUT2D eigenvalue weighted by atomic mass is 10.2. The highest BCUT2D eigenvalue weighted by molar-refractivity contribution is 5.39.